The Kier molecular flexibility index (Phi) is 3.57. The smallest absolute Gasteiger partial charge is 0.240 e. The van der Waals surface area contributed by atoms with Crippen LogP contribution in [-0.4, -0.2) is 16.6 Å². The van der Waals surface area contributed by atoms with Gasteiger partial charge in [-0.1, -0.05) is 60.2 Å². The van der Waals surface area contributed by atoms with Gasteiger partial charge in [-0.05, 0) is 18.1 Å². The number of carbonyl (C=O) groups is 1. The third-order valence-corrected chi connectivity index (χ3v) is 3.80. The van der Waals surface area contributed by atoms with Gasteiger partial charge in [0.15, 0.2) is 0 Å². The third kappa shape index (κ3) is 2.72. The van der Waals surface area contributed by atoms with Gasteiger partial charge in [-0.3, -0.25) is 4.79 Å². The Labute approximate surface area is 124 Å². The number of hydrogen-bond acceptors (Lipinski definition) is 2. The van der Waals surface area contributed by atoms with Crippen molar-refractivity contribution in [2.45, 2.75) is 26.3 Å². The molecule has 1 heterocycles. The molecule has 0 spiro atoms. The number of benzene rings is 2. The second-order valence-electron chi connectivity index (χ2n) is 5.41. The molecular formula is C18H18N2O. The van der Waals surface area contributed by atoms with E-state index >= 15 is 0 Å². The van der Waals surface area contributed by atoms with Crippen LogP contribution in [0.2, 0.25) is 0 Å². The van der Waals surface area contributed by atoms with Crippen molar-refractivity contribution in [1.29, 1.82) is 0 Å². The van der Waals surface area contributed by atoms with E-state index < -0.39 is 0 Å². The Morgan fingerprint density at radius 1 is 1.10 bits per heavy atom. The standard InChI is InChI=1S/C18H18N2O/c1-13-8-10-15(11-9-13)17-12-18(20(19-17)14(2)21)16-6-4-3-5-7-16/h3-11,18H,12H2,1-2H3/t18-/m1/s1. The monoisotopic (exact) mass is 278 g/mol. The summed E-state index contributed by atoms with van der Waals surface area (Å²) in [6.45, 7) is 3.63. The lowest BCUT2D eigenvalue weighted by Gasteiger charge is -2.20. The first-order valence-corrected chi connectivity index (χ1v) is 7.14. The van der Waals surface area contributed by atoms with Crippen molar-refractivity contribution in [2.24, 2.45) is 5.10 Å². The quantitative estimate of drug-likeness (QED) is 0.824. The summed E-state index contributed by atoms with van der Waals surface area (Å²) in [5.41, 5.74) is 4.41. The molecule has 106 valence electrons. The van der Waals surface area contributed by atoms with Crippen LogP contribution in [0, 0.1) is 6.92 Å². The van der Waals surface area contributed by atoms with Crippen LogP contribution in [0.1, 0.15) is 36.1 Å². The first-order chi connectivity index (χ1) is 10.1. The van der Waals surface area contributed by atoms with Crippen LogP contribution in [0.25, 0.3) is 0 Å². The summed E-state index contributed by atoms with van der Waals surface area (Å²) < 4.78 is 0. The molecule has 0 radical (unpaired) electrons. The molecule has 2 aromatic carbocycles. The van der Waals surface area contributed by atoms with Crippen LogP contribution in [0.5, 0.6) is 0 Å². The number of hydrogen-bond donors (Lipinski definition) is 0. The van der Waals surface area contributed by atoms with Crippen LogP contribution in [-0.2, 0) is 4.79 Å². The molecule has 0 N–H and O–H groups in total. The summed E-state index contributed by atoms with van der Waals surface area (Å²) in [5.74, 6) is -0.0223. The molecule has 3 rings (SSSR count). The summed E-state index contributed by atoms with van der Waals surface area (Å²) in [7, 11) is 0. The maximum Gasteiger partial charge on any atom is 0.240 e. The van der Waals surface area contributed by atoms with E-state index in [1.165, 1.54) is 5.56 Å². The van der Waals surface area contributed by atoms with Crippen LogP contribution in [0.3, 0.4) is 0 Å². The molecule has 21 heavy (non-hydrogen) atoms. The van der Waals surface area contributed by atoms with Crippen molar-refractivity contribution in [3.63, 3.8) is 0 Å². The first-order valence-electron chi connectivity index (χ1n) is 7.14. The number of aryl methyl sites for hydroxylation is 1. The van der Waals surface area contributed by atoms with Crippen molar-refractivity contribution < 1.29 is 4.79 Å². The van der Waals surface area contributed by atoms with Crippen LogP contribution in [0.15, 0.2) is 59.7 Å². The highest BCUT2D eigenvalue weighted by molar-refractivity contribution is 6.03. The van der Waals surface area contributed by atoms with Gasteiger partial charge in [-0.25, -0.2) is 5.01 Å². The highest BCUT2D eigenvalue weighted by Gasteiger charge is 2.30. The zero-order valence-corrected chi connectivity index (χ0v) is 12.3. The number of amides is 1. The Morgan fingerprint density at radius 3 is 2.38 bits per heavy atom. The van der Waals surface area contributed by atoms with E-state index in [-0.39, 0.29) is 11.9 Å². The number of carbonyl (C=O) groups excluding carboxylic acids is 1. The Balaban J connectivity index is 1.93. The van der Waals surface area contributed by atoms with E-state index in [4.69, 9.17) is 0 Å². The summed E-state index contributed by atoms with van der Waals surface area (Å²) in [6.07, 6.45) is 0.757. The zero-order valence-electron chi connectivity index (χ0n) is 12.3. The van der Waals surface area contributed by atoms with Gasteiger partial charge in [0.1, 0.15) is 0 Å². The number of hydrazone groups is 1. The maximum atomic E-state index is 11.9. The molecule has 1 aliphatic heterocycles. The molecule has 3 nitrogen and oxygen atoms in total. The zero-order chi connectivity index (χ0) is 14.8. The van der Waals surface area contributed by atoms with E-state index in [1.807, 2.05) is 30.3 Å². The van der Waals surface area contributed by atoms with E-state index in [2.05, 4.69) is 36.3 Å². The molecule has 1 aliphatic rings. The van der Waals surface area contributed by atoms with Crippen molar-refractivity contribution in [2.75, 3.05) is 0 Å². The topological polar surface area (TPSA) is 32.7 Å². The molecule has 0 aromatic heterocycles. The molecule has 0 aliphatic carbocycles. The highest BCUT2D eigenvalue weighted by Crippen LogP contribution is 2.32. The molecule has 2 aromatic rings. The molecule has 0 unspecified atom stereocenters. The Hall–Kier alpha value is -2.42. The molecule has 0 fully saturated rings. The fourth-order valence-corrected chi connectivity index (χ4v) is 2.66. The number of nitrogens with zero attached hydrogens (tertiary/aromatic N) is 2. The lowest BCUT2D eigenvalue weighted by atomic mass is 9.98. The maximum absolute atomic E-state index is 11.9. The fraction of sp³-hybridized carbons (Fsp3) is 0.222. The molecule has 0 saturated carbocycles. The van der Waals surface area contributed by atoms with E-state index in [1.54, 1.807) is 11.9 Å². The van der Waals surface area contributed by atoms with Gasteiger partial charge in [0.2, 0.25) is 5.91 Å². The summed E-state index contributed by atoms with van der Waals surface area (Å²) in [4.78, 5) is 11.9. The van der Waals surface area contributed by atoms with Crippen LogP contribution >= 0.6 is 0 Å². The van der Waals surface area contributed by atoms with Gasteiger partial charge in [0, 0.05) is 13.3 Å². The summed E-state index contributed by atoms with van der Waals surface area (Å²) in [6, 6.07) is 18.4. The van der Waals surface area contributed by atoms with Crippen molar-refractivity contribution in [1.82, 2.24) is 5.01 Å². The average Bonchev–Trinajstić information content (AvgIpc) is 2.94. The largest absolute Gasteiger partial charge is 0.273 e. The molecule has 1 amide bonds. The van der Waals surface area contributed by atoms with E-state index in [0.29, 0.717) is 0 Å². The van der Waals surface area contributed by atoms with E-state index in [0.717, 1.165) is 23.3 Å². The third-order valence-electron chi connectivity index (χ3n) is 3.80. The number of rotatable bonds is 2. The van der Waals surface area contributed by atoms with Crippen molar-refractivity contribution in [3.8, 4) is 0 Å². The van der Waals surface area contributed by atoms with Gasteiger partial charge in [0.25, 0.3) is 0 Å². The predicted molar refractivity (Wildman–Crippen MR) is 84.0 cm³/mol. The van der Waals surface area contributed by atoms with Gasteiger partial charge in [0.05, 0.1) is 11.8 Å². The van der Waals surface area contributed by atoms with Gasteiger partial charge in [-0.15, -0.1) is 0 Å². The van der Waals surface area contributed by atoms with Crippen molar-refractivity contribution in [3.05, 3.63) is 71.3 Å². The lowest BCUT2D eigenvalue weighted by Crippen LogP contribution is -2.24. The Bertz CT molecular complexity index is 674. The minimum atomic E-state index is -0.0223. The van der Waals surface area contributed by atoms with Crippen LogP contribution in [0.4, 0.5) is 0 Å². The predicted octanol–water partition coefficient (Wildman–Crippen LogP) is 3.69. The fourth-order valence-electron chi connectivity index (χ4n) is 2.66. The average molecular weight is 278 g/mol. The van der Waals surface area contributed by atoms with E-state index in [9.17, 15) is 4.79 Å². The second-order valence-corrected chi connectivity index (χ2v) is 5.41. The minimum absolute atomic E-state index is 0.00000283. The normalized spacial score (nSPS) is 17.7. The Morgan fingerprint density at radius 2 is 1.76 bits per heavy atom. The second kappa shape index (κ2) is 5.52. The van der Waals surface area contributed by atoms with Crippen molar-refractivity contribution >= 4 is 11.6 Å². The molecule has 0 bridgehead atoms. The SMILES string of the molecule is CC(=O)N1N=C(c2ccc(C)cc2)C[C@@H]1c1ccccc1. The molecule has 0 saturated heterocycles. The summed E-state index contributed by atoms with van der Waals surface area (Å²) in [5, 5.41) is 6.15. The summed E-state index contributed by atoms with van der Waals surface area (Å²) >= 11 is 0. The van der Waals surface area contributed by atoms with Crippen LogP contribution < -0.4 is 0 Å². The molecule has 3 heteroatoms. The van der Waals surface area contributed by atoms with Gasteiger partial charge >= 0.3 is 0 Å². The lowest BCUT2D eigenvalue weighted by molar-refractivity contribution is -0.130. The highest BCUT2D eigenvalue weighted by atomic mass is 16.2. The van der Waals surface area contributed by atoms with Gasteiger partial charge in [-0.2, -0.15) is 5.10 Å². The van der Waals surface area contributed by atoms with Gasteiger partial charge < -0.3 is 0 Å². The molecule has 1 atom stereocenters. The first kappa shape index (κ1) is 13.6. The molecular weight excluding hydrogens is 260 g/mol. The minimum Gasteiger partial charge on any atom is -0.273 e.